The van der Waals surface area contributed by atoms with Gasteiger partial charge in [0.05, 0.1) is 11.5 Å². The minimum atomic E-state index is -2.79. The number of halogens is 1. The molecule has 0 radical (unpaired) electrons. The van der Waals surface area contributed by atoms with Gasteiger partial charge in [-0.15, -0.1) is 0 Å². The lowest BCUT2D eigenvalue weighted by molar-refractivity contribution is 0.554. The van der Waals surface area contributed by atoms with Gasteiger partial charge >= 0.3 is 0 Å². The van der Waals surface area contributed by atoms with Crippen molar-refractivity contribution in [2.75, 3.05) is 11.5 Å². The zero-order valence-corrected chi connectivity index (χ0v) is 10.4. The first-order chi connectivity index (χ1) is 7.55. The van der Waals surface area contributed by atoms with Crippen LogP contribution in [-0.4, -0.2) is 26.0 Å². The topological polar surface area (TPSA) is 46.2 Å². The van der Waals surface area contributed by atoms with Gasteiger partial charge in [-0.1, -0.05) is 23.7 Å². The maximum absolute atomic E-state index is 11.2. The molecular formula is C11H14ClNO2S. The number of nitrogens with one attached hydrogen (secondary N) is 1. The van der Waals surface area contributed by atoms with Crippen LogP contribution < -0.4 is 5.32 Å². The summed E-state index contributed by atoms with van der Waals surface area (Å²) in [7, 11) is -2.79. The highest BCUT2D eigenvalue weighted by atomic mass is 35.5. The Bertz CT molecular complexity index is 455. The molecule has 1 aromatic carbocycles. The smallest absolute Gasteiger partial charge is 0.151 e. The molecule has 88 valence electrons. The van der Waals surface area contributed by atoms with E-state index in [-0.39, 0.29) is 11.8 Å². The van der Waals surface area contributed by atoms with Gasteiger partial charge < -0.3 is 5.32 Å². The standard InChI is InChI=1S/C11H14ClNO2S/c12-10-3-1-9(2-4-10)7-13-11-5-6-16(14,15)8-11/h1-4,11,13H,5-8H2/t11-/m0/s1. The van der Waals surface area contributed by atoms with Crippen LogP contribution in [0.25, 0.3) is 0 Å². The van der Waals surface area contributed by atoms with Crippen LogP contribution in [0.1, 0.15) is 12.0 Å². The molecule has 0 amide bonds. The number of rotatable bonds is 3. The summed E-state index contributed by atoms with van der Waals surface area (Å²) in [6, 6.07) is 7.66. The lowest BCUT2D eigenvalue weighted by Gasteiger charge is -2.10. The number of sulfone groups is 1. The Hall–Kier alpha value is -0.580. The average molecular weight is 260 g/mol. The van der Waals surface area contributed by atoms with Crippen molar-refractivity contribution in [3.63, 3.8) is 0 Å². The first-order valence-electron chi connectivity index (χ1n) is 5.23. The zero-order chi connectivity index (χ0) is 11.6. The summed E-state index contributed by atoms with van der Waals surface area (Å²) in [6.07, 6.45) is 0.718. The van der Waals surface area contributed by atoms with Crippen molar-refractivity contribution in [1.29, 1.82) is 0 Å². The Morgan fingerprint density at radius 2 is 2.00 bits per heavy atom. The largest absolute Gasteiger partial charge is 0.309 e. The summed E-state index contributed by atoms with van der Waals surface area (Å²) in [4.78, 5) is 0. The summed E-state index contributed by atoms with van der Waals surface area (Å²) in [6.45, 7) is 0.692. The summed E-state index contributed by atoms with van der Waals surface area (Å²) >= 11 is 5.78. The average Bonchev–Trinajstić information content (AvgIpc) is 2.58. The van der Waals surface area contributed by atoms with E-state index >= 15 is 0 Å². The molecule has 1 aliphatic heterocycles. The highest BCUT2D eigenvalue weighted by Crippen LogP contribution is 2.13. The van der Waals surface area contributed by atoms with Crippen molar-refractivity contribution < 1.29 is 8.42 Å². The molecule has 1 aromatic rings. The van der Waals surface area contributed by atoms with Gasteiger partial charge in [0, 0.05) is 17.6 Å². The van der Waals surface area contributed by atoms with Gasteiger partial charge in [-0.2, -0.15) is 0 Å². The van der Waals surface area contributed by atoms with Gasteiger partial charge in [0.2, 0.25) is 0 Å². The lowest BCUT2D eigenvalue weighted by Crippen LogP contribution is -2.29. The predicted molar refractivity (Wildman–Crippen MR) is 65.4 cm³/mol. The van der Waals surface area contributed by atoms with Crippen LogP contribution >= 0.6 is 11.6 Å². The van der Waals surface area contributed by atoms with Crippen LogP contribution in [0.5, 0.6) is 0 Å². The lowest BCUT2D eigenvalue weighted by atomic mass is 10.2. The van der Waals surface area contributed by atoms with Gasteiger partial charge in [0.1, 0.15) is 0 Å². The molecule has 1 heterocycles. The van der Waals surface area contributed by atoms with E-state index in [0.29, 0.717) is 17.3 Å². The van der Waals surface area contributed by atoms with Crippen LogP contribution in [0, 0.1) is 0 Å². The molecule has 0 aliphatic carbocycles. The molecule has 2 rings (SSSR count). The fourth-order valence-corrected chi connectivity index (χ4v) is 3.65. The second-order valence-electron chi connectivity index (χ2n) is 4.11. The first-order valence-corrected chi connectivity index (χ1v) is 7.43. The van der Waals surface area contributed by atoms with Gasteiger partial charge in [0.25, 0.3) is 0 Å². The summed E-state index contributed by atoms with van der Waals surface area (Å²) in [5.74, 6) is 0.575. The van der Waals surface area contributed by atoms with Crippen LogP contribution in [0.15, 0.2) is 24.3 Å². The Kier molecular flexibility index (Phi) is 3.52. The van der Waals surface area contributed by atoms with E-state index in [9.17, 15) is 8.42 Å². The Morgan fingerprint density at radius 1 is 1.31 bits per heavy atom. The molecule has 0 spiro atoms. The van der Waals surface area contributed by atoms with Gasteiger partial charge in [-0.3, -0.25) is 0 Å². The summed E-state index contributed by atoms with van der Waals surface area (Å²) < 4.78 is 22.5. The molecule has 0 aromatic heterocycles. The second-order valence-corrected chi connectivity index (χ2v) is 6.77. The molecule has 1 saturated heterocycles. The molecule has 3 nitrogen and oxygen atoms in total. The van der Waals surface area contributed by atoms with E-state index in [0.717, 1.165) is 12.0 Å². The predicted octanol–water partition coefficient (Wildman–Crippen LogP) is 1.62. The molecule has 0 saturated carbocycles. The third-order valence-electron chi connectivity index (χ3n) is 2.74. The zero-order valence-electron chi connectivity index (χ0n) is 8.82. The monoisotopic (exact) mass is 259 g/mol. The molecule has 1 fully saturated rings. The minimum absolute atomic E-state index is 0.0979. The Morgan fingerprint density at radius 3 is 2.56 bits per heavy atom. The molecule has 5 heteroatoms. The molecule has 1 atom stereocenters. The fourth-order valence-electron chi connectivity index (χ4n) is 1.82. The fraction of sp³-hybridized carbons (Fsp3) is 0.455. The Labute approximate surface area is 101 Å². The second kappa shape index (κ2) is 4.73. The normalized spacial score (nSPS) is 23.4. The highest BCUT2D eigenvalue weighted by molar-refractivity contribution is 7.91. The first kappa shape index (κ1) is 11.9. The molecule has 0 unspecified atom stereocenters. The van der Waals surface area contributed by atoms with Gasteiger partial charge in [-0.05, 0) is 24.1 Å². The van der Waals surface area contributed by atoms with Crippen LogP contribution in [0.4, 0.5) is 0 Å². The minimum Gasteiger partial charge on any atom is -0.309 e. The van der Waals surface area contributed by atoms with E-state index in [4.69, 9.17) is 11.6 Å². The van der Waals surface area contributed by atoms with Crippen molar-refractivity contribution in [2.45, 2.75) is 19.0 Å². The van der Waals surface area contributed by atoms with Crippen molar-refractivity contribution in [3.05, 3.63) is 34.9 Å². The summed E-state index contributed by atoms with van der Waals surface area (Å²) in [5, 5.41) is 3.97. The van der Waals surface area contributed by atoms with E-state index < -0.39 is 9.84 Å². The molecule has 0 bridgehead atoms. The van der Waals surface area contributed by atoms with Crippen LogP contribution in [0.3, 0.4) is 0 Å². The van der Waals surface area contributed by atoms with E-state index in [1.807, 2.05) is 24.3 Å². The summed E-state index contributed by atoms with van der Waals surface area (Å²) in [5.41, 5.74) is 1.12. The molecule has 16 heavy (non-hydrogen) atoms. The van der Waals surface area contributed by atoms with Gasteiger partial charge in [0.15, 0.2) is 9.84 Å². The number of hydrogen-bond donors (Lipinski definition) is 1. The van der Waals surface area contributed by atoms with E-state index in [1.165, 1.54) is 0 Å². The number of benzene rings is 1. The van der Waals surface area contributed by atoms with E-state index in [2.05, 4.69) is 5.32 Å². The maximum Gasteiger partial charge on any atom is 0.151 e. The third kappa shape index (κ3) is 3.20. The third-order valence-corrected chi connectivity index (χ3v) is 4.76. The van der Waals surface area contributed by atoms with Crippen molar-refractivity contribution >= 4 is 21.4 Å². The highest BCUT2D eigenvalue weighted by Gasteiger charge is 2.27. The SMILES string of the molecule is O=S1(=O)CC[C@H](NCc2ccc(Cl)cc2)C1. The van der Waals surface area contributed by atoms with Crippen LogP contribution in [-0.2, 0) is 16.4 Å². The number of hydrogen-bond acceptors (Lipinski definition) is 3. The van der Waals surface area contributed by atoms with Gasteiger partial charge in [-0.25, -0.2) is 8.42 Å². The van der Waals surface area contributed by atoms with Crippen molar-refractivity contribution in [2.24, 2.45) is 0 Å². The molecular weight excluding hydrogens is 246 g/mol. The molecule has 1 N–H and O–H groups in total. The molecule has 1 aliphatic rings. The Balaban J connectivity index is 1.87. The van der Waals surface area contributed by atoms with E-state index in [1.54, 1.807) is 0 Å². The van der Waals surface area contributed by atoms with Crippen molar-refractivity contribution in [3.8, 4) is 0 Å². The quantitative estimate of drug-likeness (QED) is 0.897. The van der Waals surface area contributed by atoms with Crippen LogP contribution in [0.2, 0.25) is 5.02 Å². The van der Waals surface area contributed by atoms with Crippen molar-refractivity contribution in [1.82, 2.24) is 5.32 Å². The maximum atomic E-state index is 11.2.